The molecule has 2 aromatic carbocycles. The van der Waals surface area contributed by atoms with Crippen molar-refractivity contribution in [3.63, 3.8) is 0 Å². The van der Waals surface area contributed by atoms with Gasteiger partial charge in [-0.25, -0.2) is 0 Å². The molecule has 2 aromatic rings. The molecule has 0 heterocycles. The third-order valence-corrected chi connectivity index (χ3v) is 2.99. The van der Waals surface area contributed by atoms with Crippen LogP contribution in [0.3, 0.4) is 0 Å². The van der Waals surface area contributed by atoms with Gasteiger partial charge in [0.2, 0.25) is 0 Å². The highest BCUT2D eigenvalue weighted by Crippen LogP contribution is 2.29. The molecule has 2 rings (SSSR count). The molecule has 0 bridgehead atoms. The minimum atomic E-state index is -0.979. The van der Waals surface area contributed by atoms with E-state index in [0.717, 1.165) is 16.9 Å². The summed E-state index contributed by atoms with van der Waals surface area (Å²) in [4.78, 5) is 0. The molecule has 1 N–H and O–H groups in total. The lowest BCUT2D eigenvalue weighted by Crippen LogP contribution is -2.22. The Labute approximate surface area is 101 Å². The third kappa shape index (κ3) is 2.32. The van der Waals surface area contributed by atoms with Crippen LogP contribution in [0.2, 0.25) is 0 Å². The van der Waals surface area contributed by atoms with Gasteiger partial charge in [0.05, 0.1) is 7.11 Å². The summed E-state index contributed by atoms with van der Waals surface area (Å²) in [6, 6.07) is 17.1. The van der Waals surface area contributed by atoms with Gasteiger partial charge < -0.3 is 9.84 Å². The molecule has 1 atom stereocenters. The Morgan fingerprint density at radius 1 is 0.882 bits per heavy atom. The summed E-state index contributed by atoms with van der Waals surface area (Å²) in [5, 5.41) is 10.6. The van der Waals surface area contributed by atoms with Crippen LogP contribution in [0.25, 0.3) is 0 Å². The molecular weight excluding hydrogens is 212 g/mol. The average Bonchev–Trinajstić information content (AvgIpc) is 2.40. The largest absolute Gasteiger partial charge is 0.497 e. The van der Waals surface area contributed by atoms with Gasteiger partial charge >= 0.3 is 0 Å². The zero-order valence-corrected chi connectivity index (χ0v) is 10.1. The highest BCUT2D eigenvalue weighted by atomic mass is 16.5. The number of methoxy groups -OCH3 is 1. The number of benzene rings is 2. The van der Waals surface area contributed by atoms with Gasteiger partial charge in [-0.3, -0.25) is 0 Å². The van der Waals surface area contributed by atoms with Crippen molar-refractivity contribution in [2.45, 2.75) is 12.5 Å². The van der Waals surface area contributed by atoms with Crippen molar-refractivity contribution in [3.8, 4) is 5.75 Å². The fourth-order valence-corrected chi connectivity index (χ4v) is 1.84. The molecule has 2 heteroatoms. The summed E-state index contributed by atoms with van der Waals surface area (Å²) in [6.45, 7) is 1.80. The summed E-state index contributed by atoms with van der Waals surface area (Å²) in [7, 11) is 1.63. The van der Waals surface area contributed by atoms with Crippen molar-refractivity contribution in [1.29, 1.82) is 0 Å². The van der Waals surface area contributed by atoms with Crippen LogP contribution >= 0.6 is 0 Å². The van der Waals surface area contributed by atoms with Crippen LogP contribution in [0.15, 0.2) is 54.6 Å². The van der Waals surface area contributed by atoms with Gasteiger partial charge in [0.25, 0.3) is 0 Å². The first kappa shape index (κ1) is 11.7. The van der Waals surface area contributed by atoms with E-state index in [0.29, 0.717) is 0 Å². The molecule has 0 aromatic heterocycles. The molecule has 2 nitrogen and oxygen atoms in total. The summed E-state index contributed by atoms with van der Waals surface area (Å²) in [5.74, 6) is 0.789. The van der Waals surface area contributed by atoms with Crippen LogP contribution in [-0.2, 0) is 5.60 Å². The van der Waals surface area contributed by atoms with Crippen molar-refractivity contribution in [2.24, 2.45) is 0 Å². The maximum atomic E-state index is 10.6. The Bertz CT molecular complexity index is 472. The van der Waals surface area contributed by atoms with Gasteiger partial charge in [0.15, 0.2) is 0 Å². The zero-order chi connectivity index (χ0) is 12.3. The minimum absolute atomic E-state index is 0.789. The fourth-order valence-electron chi connectivity index (χ4n) is 1.84. The van der Waals surface area contributed by atoms with Crippen LogP contribution in [0.4, 0.5) is 0 Å². The van der Waals surface area contributed by atoms with Gasteiger partial charge in [-0.2, -0.15) is 0 Å². The monoisotopic (exact) mass is 228 g/mol. The Hall–Kier alpha value is -1.80. The Morgan fingerprint density at radius 3 is 1.94 bits per heavy atom. The topological polar surface area (TPSA) is 29.5 Å². The molecule has 0 radical (unpaired) electrons. The van der Waals surface area contributed by atoms with Gasteiger partial charge in [-0.1, -0.05) is 42.5 Å². The standard InChI is InChI=1S/C15H16O2/c1-15(16,12-6-4-3-5-7-12)13-8-10-14(17-2)11-9-13/h3-11,16H,1-2H3. The van der Waals surface area contributed by atoms with Gasteiger partial charge in [-0.15, -0.1) is 0 Å². The molecule has 0 saturated carbocycles. The highest BCUT2D eigenvalue weighted by Gasteiger charge is 2.24. The lowest BCUT2D eigenvalue weighted by Gasteiger charge is -2.24. The zero-order valence-electron chi connectivity index (χ0n) is 10.1. The molecular formula is C15H16O2. The quantitative estimate of drug-likeness (QED) is 0.875. The molecule has 0 saturated heterocycles. The molecule has 0 aliphatic carbocycles. The smallest absolute Gasteiger partial charge is 0.118 e. The molecule has 1 unspecified atom stereocenters. The maximum absolute atomic E-state index is 10.6. The Balaban J connectivity index is 2.37. The second-order valence-corrected chi connectivity index (χ2v) is 4.17. The number of ether oxygens (including phenoxy) is 1. The van der Waals surface area contributed by atoms with Crippen LogP contribution in [-0.4, -0.2) is 12.2 Å². The SMILES string of the molecule is COc1ccc(C(C)(O)c2ccccc2)cc1. The van der Waals surface area contributed by atoms with Gasteiger partial charge in [0, 0.05) is 0 Å². The van der Waals surface area contributed by atoms with E-state index in [2.05, 4.69) is 0 Å². The first-order valence-electron chi connectivity index (χ1n) is 5.57. The Kier molecular flexibility index (Phi) is 3.16. The number of hydrogen-bond donors (Lipinski definition) is 1. The molecule has 0 aliphatic heterocycles. The van der Waals surface area contributed by atoms with E-state index >= 15 is 0 Å². The van der Waals surface area contributed by atoms with E-state index in [1.807, 2.05) is 54.6 Å². The molecule has 0 amide bonds. The molecule has 0 aliphatic rings. The third-order valence-electron chi connectivity index (χ3n) is 2.99. The average molecular weight is 228 g/mol. The second kappa shape index (κ2) is 4.60. The first-order chi connectivity index (χ1) is 8.14. The lowest BCUT2D eigenvalue weighted by atomic mass is 9.88. The molecule has 17 heavy (non-hydrogen) atoms. The predicted molar refractivity (Wildman–Crippen MR) is 68.1 cm³/mol. The van der Waals surface area contributed by atoms with Crippen molar-refractivity contribution < 1.29 is 9.84 Å². The van der Waals surface area contributed by atoms with E-state index < -0.39 is 5.60 Å². The summed E-state index contributed by atoms with van der Waals surface area (Å²) < 4.78 is 5.11. The van der Waals surface area contributed by atoms with Crippen molar-refractivity contribution in [1.82, 2.24) is 0 Å². The minimum Gasteiger partial charge on any atom is -0.497 e. The normalized spacial score (nSPS) is 14.1. The summed E-state index contributed by atoms with van der Waals surface area (Å²) >= 11 is 0. The molecule has 0 fully saturated rings. The van der Waals surface area contributed by atoms with Crippen molar-refractivity contribution in [3.05, 3.63) is 65.7 Å². The van der Waals surface area contributed by atoms with Crippen molar-refractivity contribution >= 4 is 0 Å². The number of rotatable bonds is 3. The van der Waals surface area contributed by atoms with Crippen molar-refractivity contribution in [2.75, 3.05) is 7.11 Å². The first-order valence-corrected chi connectivity index (χ1v) is 5.57. The second-order valence-electron chi connectivity index (χ2n) is 4.17. The summed E-state index contributed by atoms with van der Waals surface area (Å²) in [5.41, 5.74) is 0.753. The van der Waals surface area contributed by atoms with Crippen LogP contribution < -0.4 is 4.74 Å². The maximum Gasteiger partial charge on any atom is 0.118 e. The lowest BCUT2D eigenvalue weighted by molar-refractivity contribution is 0.102. The van der Waals surface area contributed by atoms with E-state index in [4.69, 9.17) is 4.74 Å². The van der Waals surface area contributed by atoms with E-state index in [9.17, 15) is 5.11 Å². The van der Waals surface area contributed by atoms with Crippen LogP contribution in [0.1, 0.15) is 18.1 Å². The fraction of sp³-hybridized carbons (Fsp3) is 0.200. The Morgan fingerprint density at radius 2 is 1.41 bits per heavy atom. The van der Waals surface area contributed by atoms with E-state index in [1.54, 1.807) is 14.0 Å². The van der Waals surface area contributed by atoms with Crippen LogP contribution in [0.5, 0.6) is 5.75 Å². The summed E-state index contributed by atoms with van der Waals surface area (Å²) in [6.07, 6.45) is 0. The van der Waals surface area contributed by atoms with Gasteiger partial charge in [-0.05, 0) is 30.2 Å². The van der Waals surface area contributed by atoms with Gasteiger partial charge in [0.1, 0.15) is 11.4 Å². The molecule has 88 valence electrons. The van der Waals surface area contributed by atoms with Crippen LogP contribution in [0, 0.1) is 0 Å². The van der Waals surface area contributed by atoms with E-state index in [-0.39, 0.29) is 0 Å². The number of aliphatic hydroxyl groups is 1. The van der Waals surface area contributed by atoms with E-state index in [1.165, 1.54) is 0 Å². The number of hydrogen-bond acceptors (Lipinski definition) is 2. The predicted octanol–water partition coefficient (Wildman–Crippen LogP) is 2.95. The highest BCUT2D eigenvalue weighted by molar-refractivity contribution is 5.37. The molecule has 0 spiro atoms.